The normalized spacial score (nSPS) is 18.3. The second-order valence-electron chi connectivity index (χ2n) is 7.39. The first-order chi connectivity index (χ1) is 13.8. The second kappa shape index (κ2) is 11.2. The van der Waals surface area contributed by atoms with Crippen LogP contribution in [0, 0.1) is 0 Å². The molecule has 28 heavy (non-hydrogen) atoms. The monoisotopic (exact) mass is 384 g/mol. The molecule has 1 atom stereocenters. The smallest absolute Gasteiger partial charge is 0.119 e. The number of hydrogen-bond acceptors (Lipinski definition) is 5. The highest BCUT2D eigenvalue weighted by Crippen LogP contribution is 2.19. The first kappa shape index (κ1) is 20.8. The van der Waals surface area contributed by atoms with Gasteiger partial charge in [0.25, 0.3) is 0 Å². The fraction of sp³-hybridized carbons (Fsp3) is 0.478. The van der Waals surface area contributed by atoms with Crippen LogP contribution in [0.2, 0.25) is 0 Å². The molecule has 0 radical (unpaired) electrons. The van der Waals surface area contributed by atoms with Gasteiger partial charge in [0.1, 0.15) is 12.4 Å². The summed E-state index contributed by atoms with van der Waals surface area (Å²) in [6.07, 6.45) is 1.86. The Morgan fingerprint density at radius 2 is 1.75 bits per heavy atom. The summed E-state index contributed by atoms with van der Waals surface area (Å²) in [7, 11) is 0. The zero-order chi connectivity index (χ0) is 19.6. The lowest BCUT2D eigenvalue weighted by Crippen LogP contribution is -2.53. The topological polar surface area (TPSA) is 56.2 Å². The molecule has 1 aliphatic heterocycles. The number of rotatable bonds is 10. The molecule has 0 aromatic heterocycles. The average Bonchev–Trinajstić information content (AvgIpc) is 2.73. The minimum atomic E-state index is 0.0258. The molecule has 0 bridgehead atoms. The fourth-order valence-corrected chi connectivity index (χ4v) is 3.89. The van der Waals surface area contributed by atoms with E-state index in [1.807, 2.05) is 12.1 Å². The van der Waals surface area contributed by atoms with Gasteiger partial charge in [-0.05, 0) is 36.1 Å². The minimum Gasteiger partial charge on any atom is -0.491 e. The average molecular weight is 385 g/mol. The first-order valence-corrected chi connectivity index (χ1v) is 10.2. The third-order valence-corrected chi connectivity index (χ3v) is 5.35. The molecule has 2 aromatic carbocycles. The second-order valence-corrected chi connectivity index (χ2v) is 7.39. The Morgan fingerprint density at radius 1 is 0.929 bits per heavy atom. The van der Waals surface area contributed by atoms with E-state index in [1.165, 1.54) is 11.1 Å². The minimum absolute atomic E-state index is 0.0258. The molecule has 2 aromatic rings. The van der Waals surface area contributed by atoms with Gasteiger partial charge in [-0.2, -0.15) is 0 Å². The van der Waals surface area contributed by atoms with E-state index in [1.54, 1.807) is 0 Å². The Bertz CT molecular complexity index is 695. The molecule has 1 unspecified atom stereocenters. The van der Waals surface area contributed by atoms with Crippen LogP contribution in [0.4, 0.5) is 0 Å². The lowest BCUT2D eigenvalue weighted by Gasteiger charge is -2.41. The lowest BCUT2D eigenvalue weighted by molar-refractivity contribution is 0.0561. The molecule has 1 aliphatic rings. The molecule has 0 amide bonds. The molecule has 0 saturated carbocycles. The molecule has 0 spiro atoms. The quantitative estimate of drug-likeness (QED) is 0.658. The number of nitrogens with zero attached hydrogens (tertiary/aromatic N) is 2. The van der Waals surface area contributed by atoms with Crippen molar-refractivity contribution < 1.29 is 14.9 Å². The van der Waals surface area contributed by atoms with E-state index in [0.29, 0.717) is 12.6 Å². The van der Waals surface area contributed by atoms with Gasteiger partial charge < -0.3 is 14.9 Å². The predicted octanol–water partition coefficient (Wildman–Crippen LogP) is 2.17. The lowest BCUT2D eigenvalue weighted by atomic mass is 10.1. The van der Waals surface area contributed by atoms with E-state index in [0.717, 1.165) is 51.3 Å². The van der Waals surface area contributed by atoms with Gasteiger partial charge in [-0.15, -0.1) is 0 Å². The number of benzene rings is 2. The number of ether oxygens (including phenoxy) is 1. The van der Waals surface area contributed by atoms with Crippen LogP contribution in [0.5, 0.6) is 5.75 Å². The Morgan fingerprint density at radius 3 is 2.54 bits per heavy atom. The highest BCUT2D eigenvalue weighted by molar-refractivity contribution is 5.28. The van der Waals surface area contributed by atoms with Gasteiger partial charge in [-0.3, -0.25) is 9.80 Å². The largest absolute Gasteiger partial charge is 0.491 e. The molecule has 5 heteroatoms. The third kappa shape index (κ3) is 6.31. The maximum atomic E-state index is 9.53. The number of aliphatic hydroxyl groups excluding tert-OH is 2. The molecular formula is C23H32N2O3. The van der Waals surface area contributed by atoms with E-state index in [4.69, 9.17) is 9.84 Å². The van der Waals surface area contributed by atoms with Crippen molar-refractivity contribution >= 4 is 0 Å². The van der Waals surface area contributed by atoms with Crippen LogP contribution >= 0.6 is 0 Å². The van der Waals surface area contributed by atoms with Crippen molar-refractivity contribution in [2.45, 2.75) is 25.4 Å². The number of hydrogen-bond donors (Lipinski definition) is 2. The van der Waals surface area contributed by atoms with E-state index >= 15 is 0 Å². The summed E-state index contributed by atoms with van der Waals surface area (Å²) < 4.78 is 5.53. The zero-order valence-corrected chi connectivity index (χ0v) is 16.5. The van der Waals surface area contributed by atoms with E-state index in [9.17, 15) is 5.11 Å². The van der Waals surface area contributed by atoms with Crippen LogP contribution in [0.25, 0.3) is 0 Å². The maximum absolute atomic E-state index is 9.53. The summed E-state index contributed by atoms with van der Waals surface area (Å²) in [5.41, 5.74) is 2.59. The molecule has 3 rings (SSSR count). The van der Waals surface area contributed by atoms with Crippen LogP contribution < -0.4 is 4.74 Å². The van der Waals surface area contributed by atoms with E-state index < -0.39 is 0 Å². The number of piperazine rings is 1. The van der Waals surface area contributed by atoms with Crippen LogP contribution in [0.15, 0.2) is 54.6 Å². The Kier molecular flexibility index (Phi) is 8.30. The Labute approximate surface area is 168 Å². The summed E-state index contributed by atoms with van der Waals surface area (Å²) in [4.78, 5) is 4.99. The molecular weight excluding hydrogens is 352 g/mol. The van der Waals surface area contributed by atoms with Crippen LogP contribution in [-0.4, -0.2) is 72.1 Å². The van der Waals surface area contributed by atoms with Crippen molar-refractivity contribution in [3.63, 3.8) is 0 Å². The van der Waals surface area contributed by atoms with Crippen molar-refractivity contribution in [1.82, 2.24) is 9.80 Å². The molecule has 1 saturated heterocycles. The van der Waals surface area contributed by atoms with Crippen molar-refractivity contribution in [2.24, 2.45) is 0 Å². The molecule has 1 fully saturated rings. The molecule has 5 nitrogen and oxygen atoms in total. The van der Waals surface area contributed by atoms with Crippen molar-refractivity contribution in [1.29, 1.82) is 0 Å². The predicted molar refractivity (Wildman–Crippen MR) is 112 cm³/mol. The van der Waals surface area contributed by atoms with Crippen LogP contribution in [0.1, 0.15) is 17.5 Å². The van der Waals surface area contributed by atoms with Gasteiger partial charge >= 0.3 is 0 Å². The fourth-order valence-electron chi connectivity index (χ4n) is 3.89. The maximum Gasteiger partial charge on any atom is 0.119 e. The zero-order valence-electron chi connectivity index (χ0n) is 16.5. The summed E-state index contributed by atoms with van der Waals surface area (Å²) in [5, 5.41) is 18.5. The standard InChI is InChI=1S/C23H32N2O3/c26-14-10-22-19-24(18-21-7-4-8-23(17-21)28-16-15-27)12-13-25(22)11-9-20-5-2-1-3-6-20/h1-8,17,22,26-27H,9-16,18-19H2. The van der Waals surface area contributed by atoms with Crippen molar-refractivity contribution in [3.05, 3.63) is 65.7 Å². The van der Waals surface area contributed by atoms with Gasteiger partial charge in [-0.1, -0.05) is 42.5 Å². The van der Waals surface area contributed by atoms with Crippen LogP contribution in [0.3, 0.4) is 0 Å². The van der Waals surface area contributed by atoms with Crippen molar-refractivity contribution in [2.75, 3.05) is 46.0 Å². The Balaban J connectivity index is 1.54. The highest BCUT2D eigenvalue weighted by atomic mass is 16.5. The summed E-state index contributed by atoms with van der Waals surface area (Å²) in [5.74, 6) is 0.806. The first-order valence-electron chi connectivity index (χ1n) is 10.2. The molecule has 1 heterocycles. The Hall–Kier alpha value is -1.92. The third-order valence-electron chi connectivity index (χ3n) is 5.35. The molecule has 2 N–H and O–H groups in total. The van der Waals surface area contributed by atoms with E-state index in [2.05, 4.69) is 52.3 Å². The SMILES string of the molecule is OCCOc1cccc(CN2CCN(CCc3ccccc3)C(CCO)C2)c1. The highest BCUT2D eigenvalue weighted by Gasteiger charge is 2.26. The molecule has 152 valence electrons. The molecule has 0 aliphatic carbocycles. The summed E-state index contributed by atoms with van der Waals surface area (Å²) >= 11 is 0. The van der Waals surface area contributed by atoms with Gasteiger partial charge in [0, 0.05) is 45.4 Å². The van der Waals surface area contributed by atoms with Gasteiger partial charge in [0.2, 0.25) is 0 Å². The van der Waals surface area contributed by atoms with Crippen LogP contribution in [-0.2, 0) is 13.0 Å². The van der Waals surface area contributed by atoms with E-state index in [-0.39, 0.29) is 13.2 Å². The summed E-state index contributed by atoms with van der Waals surface area (Å²) in [6, 6.07) is 19.1. The summed E-state index contributed by atoms with van der Waals surface area (Å²) in [6.45, 7) is 5.51. The van der Waals surface area contributed by atoms with Gasteiger partial charge in [-0.25, -0.2) is 0 Å². The number of aliphatic hydroxyl groups is 2. The van der Waals surface area contributed by atoms with Gasteiger partial charge in [0.05, 0.1) is 6.61 Å². The van der Waals surface area contributed by atoms with Crippen molar-refractivity contribution in [3.8, 4) is 5.75 Å². The van der Waals surface area contributed by atoms with Gasteiger partial charge in [0.15, 0.2) is 0 Å².